The smallest absolute Gasteiger partial charge is 0.169 e. The number of ether oxygens (including phenoxy) is 1. The summed E-state index contributed by atoms with van der Waals surface area (Å²) in [7, 11) is 1.63. The maximum absolute atomic E-state index is 12.1. The summed E-state index contributed by atoms with van der Waals surface area (Å²) in [6, 6.07) is 7.34. The number of hydrogen-bond acceptors (Lipinski definition) is 2. The third-order valence-corrected chi connectivity index (χ3v) is 2.97. The number of benzene rings is 1. The van der Waals surface area contributed by atoms with Crippen LogP contribution in [-0.4, -0.2) is 12.9 Å². The van der Waals surface area contributed by atoms with E-state index in [1.54, 1.807) is 7.11 Å². The van der Waals surface area contributed by atoms with E-state index in [1.165, 1.54) is 0 Å². The average Bonchev–Trinajstić information content (AvgIpc) is 2.39. The van der Waals surface area contributed by atoms with Crippen molar-refractivity contribution >= 4 is 5.78 Å². The van der Waals surface area contributed by atoms with Gasteiger partial charge in [0, 0.05) is 11.5 Å². The van der Waals surface area contributed by atoms with Crippen molar-refractivity contribution in [2.45, 2.75) is 19.3 Å². The molecule has 2 heteroatoms. The molecule has 0 saturated carbocycles. The van der Waals surface area contributed by atoms with Gasteiger partial charge in [-0.2, -0.15) is 0 Å². The van der Waals surface area contributed by atoms with Crippen molar-refractivity contribution in [3.05, 3.63) is 42.0 Å². The van der Waals surface area contributed by atoms with Gasteiger partial charge in [-0.15, -0.1) is 0 Å². The molecule has 2 nitrogen and oxygen atoms in total. The Bertz CT molecular complexity index is 390. The van der Waals surface area contributed by atoms with Gasteiger partial charge in [0.1, 0.15) is 5.75 Å². The van der Waals surface area contributed by atoms with Crippen molar-refractivity contribution in [3.63, 3.8) is 0 Å². The molecule has 1 unspecified atom stereocenters. The molecule has 1 aromatic carbocycles. The highest BCUT2D eigenvalue weighted by Gasteiger charge is 2.18. The second-order valence-corrected chi connectivity index (χ2v) is 4.06. The van der Waals surface area contributed by atoms with Crippen LogP contribution in [-0.2, 0) is 0 Å². The van der Waals surface area contributed by atoms with Crippen molar-refractivity contribution in [3.8, 4) is 5.75 Å². The summed E-state index contributed by atoms with van der Waals surface area (Å²) in [5.74, 6) is 1.08. The highest BCUT2D eigenvalue weighted by atomic mass is 16.5. The molecule has 0 heterocycles. The van der Waals surface area contributed by atoms with Gasteiger partial charge in [-0.25, -0.2) is 0 Å². The molecule has 0 amide bonds. The lowest BCUT2D eigenvalue weighted by Crippen LogP contribution is -2.14. The predicted octanol–water partition coefficient (Wildman–Crippen LogP) is 3.23. The lowest BCUT2D eigenvalue weighted by atomic mass is 9.89. The molecular weight excluding hydrogens is 200 g/mol. The maximum atomic E-state index is 12.1. The molecule has 84 valence electrons. The topological polar surface area (TPSA) is 26.3 Å². The molecule has 0 aromatic heterocycles. The molecule has 0 aliphatic heterocycles. The van der Waals surface area contributed by atoms with E-state index in [-0.39, 0.29) is 11.7 Å². The van der Waals surface area contributed by atoms with Crippen LogP contribution in [0.1, 0.15) is 29.6 Å². The van der Waals surface area contributed by atoms with E-state index >= 15 is 0 Å². The van der Waals surface area contributed by atoms with E-state index in [0.717, 1.165) is 30.6 Å². The minimum atomic E-state index is 0.0714. The van der Waals surface area contributed by atoms with Crippen molar-refractivity contribution in [2.24, 2.45) is 5.92 Å². The first kappa shape index (κ1) is 10.9. The first-order valence-corrected chi connectivity index (χ1v) is 5.66. The number of allylic oxidation sites excluding steroid dienone is 2. The SMILES string of the molecule is COc1ccc(C(=O)C2C=CCCC2)cc1. The predicted molar refractivity (Wildman–Crippen MR) is 63.8 cm³/mol. The second-order valence-electron chi connectivity index (χ2n) is 4.06. The third kappa shape index (κ3) is 2.32. The lowest BCUT2D eigenvalue weighted by Gasteiger charge is -2.15. The average molecular weight is 216 g/mol. The van der Waals surface area contributed by atoms with Gasteiger partial charge in [-0.05, 0) is 43.5 Å². The summed E-state index contributed by atoms with van der Waals surface area (Å²) in [5, 5.41) is 0. The van der Waals surface area contributed by atoms with Crippen LogP contribution >= 0.6 is 0 Å². The van der Waals surface area contributed by atoms with Crippen molar-refractivity contribution in [1.82, 2.24) is 0 Å². The lowest BCUT2D eigenvalue weighted by molar-refractivity contribution is 0.0937. The third-order valence-electron chi connectivity index (χ3n) is 2.97. The zero-order valence-corrected chi connectivity index (χ0v) is 9.48. The summed E-state index contributed by atoms with van der Waals surface area (Å²) >= 11 is 0. The number of methoxy groups -OCH3 is 1. The fourth-order valence-electron chi connectivity index (χ4n) is 2.00. The molecule has 0 saturated heterocycles. The van der Waals surface area contributed by atoms with Gasteiger partial charge in [0.2, 0.25) is 0 Å². The Kier molecular flexibility index (Phi) is 3.40. The molecule has 0 bridgehead atoms. The molecule has 0 radical (unpaired) electrons. The quantitative estimate of drug-likeness (QED) is 0.572. The van der Waals surface area contributed by atoms with Gasteiger partial charge in [0.25, 0.3) is 0 Å². The molecule has 1 aromatic rings. The number of carbonyl (C=O) groups excluding carboxylic acids is 1. The van der Waals surface area contributed by atoms with Crippen molar-refractivity contribution in [2.75, 3.05) is 7.11 Å². The summed E-state index contributed by atoms with van der Waals surface area (Å²) in [6.07, 6.45) is 7.34. The number of carbonyl (C=O) groups is 1. The van der Waals surface area contributed by atoms with Crippen LogP contribution in [0.3, 0.4) is 0 Å². The van der Waals surface area contributed by atoms with Gasteiger partial charge >= 0.3 is 0 Å². The van der Waals surface area contributed by atoms with Crippen LogP contribution < -0.4 is 4.74 Å². The molecule has 2 rings (SSSR count). The van der Waals surface area contributed by atoms with Crippen LogP contribution in [0, 0.1) is 5.92 Å². The van der Waals surface area contributed by atoms with E-state index in [9.17, 15) is 4.79 Å². The van der Waals surface area contributed by atoms with Gasteiger partial charge in [-0.3, -0.25) is 4.79 Å². The zero-order chi connectivity index (χ0) is 11.4. The van der Waals surface area contributed by atoms with Crippen LogP contribution in [0.5, 0.6) is 5.75 Å². The Morgan fingerprint density at radius 1 is 1.31 bits per heavy atom. The van der Waals surface area contributed by atoms with Crippen molar-refractivity contribution in [1.29, 1.82) is 0 Å². The highest BCUT2D eigenvalue weighted by Crippen LogP contribution is 2.22. The zero-order valence-electron chi connectivity index (χ0n) is 9.48. The summed E-state index contributed by atoms with van der Waals surface area (Å²) in [4.78, 5) is 12.1. The number of rotatable bonds is 3. The fraction of sp³-hybridized carbons (Fsp3) is 0.357. The van der Waals surface area contributed by atoms with Crippen molar-refractivity contribution < 1.29 is 9.53 Å². The first-order valence-electron chi connectivity index (χ1n) is 5.66. The molecule has 1 atom stereocenters. The minimum absolute atomic E-state index is 0.0714. The molecule has 0 fully saturated rings. The van der Waals surface area contributed by atoms with E-state index in [2.05, 4.69) is 6.08 Å². The molecule has 1 aliphatic carbocycles. The van der Waals surface area contributed by atoms with Gasteiger partial charge in [0.05, 0.1) is 7.11 Å². The van der Waals surface area contributed by atoms with E-state index in [4.69, 9.17) is 4.74 Å². The van der Waals surface area contributed by atoms with Gasteiger partial charge < -0.3 is 4.74 Å². The summed E-state index contributed by atoms with van der Waals surface area (Å²) < 4.78 is 5.07. The Balaban J connectivity index is 2.13. The van der Waals surface area contributed by atoms with Gasteiger partial charge in [0.15, 0.2) is 5.78 Å². The Morgan fingerprint density at radius 2 is 2.06 bits per heavy atom. The Morgan fingerprint density at radius 3 is 2.62 bits per heavy atom. The molecule has 16 heavy (non-hydrogen) atoms. The first-order chi connectivity index (χ1) is 7.81. The molecular formula is C14H16O2. The van der Waals surface area contributed by atoms with E-state index in [1.807, 2.05) is 30.3 Å². The highest BCUT2D eigenvalue weighted by molar-refractivity contribution is 5.99. The summed E-state index contributed by atoms with van der Waals surface area (Å²) in [5.41, 5.74) is 0.775. The molecule has 0 N–H and O–H groups in total. The monoisotopic (exact) mass is 216 g/mol. The van der Waals surface area contributed by atoms with E-state index in [0.29, 0.717) is 0 Å². The number of Topliss-reactive ketones (excluding diaryl/α,β-unsaturated/α-hetero) is 1. The minimum Gasteiger partial charge on any atom is -0.497 e. The normalized spacial score (nSPS) is 19.4. The largest absolute Gasteiger partial charge is 0.497 e. The molecule has 1 aliphatic rings. The summed E-state index contributed by atoms with van der Waals surface area (Å²) in [6.45, 7) is 0. The van der Waals surface area contributed by atoms with Crippen LogP contribution in [0.15, 0.2) is 36.4 Å². The fourth-order valence-corrected chi connectivity index (χ4v) is 2.00. The number of hydrogen-bond donors (Lipinski definition) is 0. The van der Waals surface area contributed by atoms with Crippen LogP contribution in [0.2, 0.25) is 0 Å². The molecule has 0 spiro atoms. The van der Waals surface area contributed by atoms with Crippen LogP contribution in [0.4, 0.5) is 0 Å². The standard InChI is InChI=1S/C14H16O2/c1-16-13-9-7-12(8-10-13)14(15)11-5-3-2-4-6-11/h3,5,7-11H,2,4,6H2,1H3. The maximum Gasteiger partial charge on any atom is 0.169 e. The van der Waals surface area contributed by atoms with E-state index < -0.39 is 0 Å². The Labute approximate surface area is 95.9 Å². The van der Waals surface area contributed by atoms with Gasteiger partial charge in [-0.1, -0.05) is 12.2 Å². The van der Waals surface area contributed by atoms with Crippen LogP contribution in [0.25, 0.3) is 0 Å². The number of ketones is 1. The second kappa shape index (κ2) is 4.97. The Hall–Kier alpha value is -1.57.